The number of ketones is 1. The number of hydrogen-bond donors (Lipinski definition) is 0. The summed E-state index contributed by atoms with van der Waals surface area (Å²) in [7, 11) is 2.24. The molecule has 118 valence electrons. The number of carbonyl (C=O) groups excluding carboxylic acids is 1. The summed E-state index contributed by atoms with van der Waals surface area (Å²) < 4.78 is 0. The topological polar surface area (TPSA) is 20.3 Å². The van der Waals surface area contributed by atoms with Crippen LogP contribution in [0.3, 0.4) is 0 Å². The van der Waals surface area contributed by atoms with Gasteiger partial charge < -0.3 is 4.90 Å². The van der Waals surface area contributed by atoms with Gasteiger partial charge in [-0.15, -0.1) is 0 Å². The third-order valence-corrected chi connectivity index (χ3v) is 6.61. The Morgan fingerprint density at radius 2 is 1.70 bits per heavy atom. The molecule has 2 bridgehead atoms. The van der Waals surface area contributed by atoms with Crippen LogP contribution in [-0.4, -0.2) is 29.8 Å². The van der Waals surface area contributed by atoms with Crippen LogP contribution in [0.2, 0.25) is 0 Å². The van der Waals surface area contributed by atoms with E-state index in [-0.39, 0.29) is 5.92 Å². The van der Waals surface area contributed by atoms with Gasteiger partial charge in [0.05, 0.1) is 0 Å². The van der Waals surface area contributed by atoms with Crippen molar-refractivity contribution < 1.29 is 4.79 Å². The van der Waals surface area contributed by atoms with Gasteiger partial charge in [-0.2, -0.15) is 0 Å². The van der Waals surface area contributed by atoms with Crippen molar-refractivity contribution in [1.82, 2.24) is 4.90 Å². The molecule has 2 unspecified atom stereocenters. The maximum atomic E-state index is 13.3. The van der Waals surface area contributed by atoms with Gasteiger partial charge in [-0.3, -0.25) is 4.79 Å². The third-order valence-electron chi connectivity index (χ3n) is 6.61. The highest BCUT2D eigenvalue weighted by Gasteiger charge is 2.41. The molecule has 2 saturated heterocycles. The van der Waals surface area contributed by atoms with Gasteiger partial charge in [0.1, 0.15) is 0 Å². The van der Waals surface area contributed by atoms with Gasteiger partial charge in [-0.1, -0.05) is 30.3 Å². The van der Waals surface area contributed by atoms with Gasteiger partial charge >= 0.3 is 0 Å². The number of Topliss-reactive ketones (excluding diaryl/α,β-unsaturated/α-hetero) is 1. The minimum atomic E-state index is 0.224. The molecule has 0 radical (unpaired) electrons. The highest BCUT2D eigenvalue weighted by Crippen LogP contribution is 2.40. The Morgan fingerprint density at radius 1 is 1.00 bits per heavy atom. The molecule has 2 fully saturated rings. The summed E-state index contributed by atoms with van der Waals surface area (Å²) in [6.07, 6.45) is 6.90. The summed E-state index contributed by atoms with van der Waals surface area (Å²) in [6.45, 7) is 0. The fourth-order valence-electron chi connectivity index (χ4n) is 5.31. The lowest BCUT2D eigenvalue weighted by Crippen LogP contribution is -2.42. The second-order valence-electron chi connectivity index (χ2n) is 7.69. The SMILES string of the molecule is CN1C2CCC1CC(C(=O)c1ccc3c4c(cccc14)CC3)C2. The van der Waals surface area contributed by atoms with E-state index in [1.165, 1.54) is 34.7 Å². The summed E-state index contributed by atoms with van der Waals surface area (Å²) in [5.74, 6) is 0.618. The number of rotatable bonds is 2. The molecule has 0 amide bonds. The van der Waals surface area contributed by atoms with Crippen molar-refractivity contribution in [2.75, 3.05) is 7.05 Å². The van der Waals surface area contributed by atoms with Crippen molar-refractivity contribution in [3.63, 3.8) is 0 Å². The maximum absolute atomic E-state index is 13.3. The van der Waals surface area contributed by atoms with Crippen LogP contribution in [0.15, 0.2) is 30.3 Å². The molecule has 2 nitrogen and oxygen atoms in total. The van der Waals surface area contributed by atoms with E-state index < -0.39 is 0 Å². The fourth-order valence-corrected chi connectivity index (χ4v) is 5.31. The Kier molecular flexibility index (Phi) is 2.93. The van der Waals surface area contributed by atoms with Gasteiger partial charge in [0, 0.05) is 23.6 Å². The van der Waals surface area contributed by atoms with E-state index >= 15 is 0 Å². The Bertz CT molecular complexity index is 785. The minimum Gasteiger partial charge on any atom is -0.300 e. The van der Waals surface area contributed by atoms with Crippen molar-refractivity contribution in [2.45, 2.75) is 50.6 Å². The molecule has 5 rings (SSSR count). The fraction of sp³-hybridized carbons (Fsp3) is 0.476. The van der Waals surface area contributed by atoms with Crippen molar-refractivity contribution in [1.29, 1.82) is 0 Å². The minimum absolute atomic E-state index is 0.224. The number of aryl methyl sites for hydroxylation is 2. The number of carbonyl (C=O) groups is 1. The number of piperidine rings is 1. The first-order valence-corrected chi connectivity index (χ1v) is 9.02. The molecule has 2 heteroatoms. The van der Waals surface area contributed by atoms with Crippen LogP contribution in [0.4, 0.5) is 0 Å². The predicted molar refractivity (Wildman–Crippen MR) is 93.0 cm³/mol. The van der Waals surface area contributed by atoms with E-state index in [0.29, 0.717) is 17.9 Å². The quantitative estimate of drug-likeness (QED) is 0.782. The van der Waals surface area contributed by atoms with Crippen molar-refractivity contribution >= 4 is 16.6 Å². The second-order valence-corrected chi connectivity index (χ2v) is 7.69. The normalized spacial score (nSPS) is 29.3. The first kappa shape index (κ1) is 13.7. The highest BCUT2D eigenvalue weighted by molar-refractivity contribution is 6.11. The summed E-state index contributed by atoms with van der Waals surface area (Å²) in [5, 5.41) is 2.57. The van der Waals surface area contributed by atoms with Gasteiger partial charge in [0.15, 0.2) is 5.78 Å². The Morgan fingerprint density at radius 3 is 2.43 bits per heavy atom. The number of nitrogens with zero attached hydrogens (tertiary/aromatic N) is 1. The largest absolute Gasteiger partial charge is 0.300 e. The molecule has 2 atom stereocenters. The van der Waals surface area contributed by atoms with Crippen LogP contribution >= 0.6 is 0 Å². The summed E-state index contributed by atoms with van der Waals surface area (Å²) in [5.41, 5.74) is 3.83. The lowest BCUT2D eigenvalue weighted by atomic mass is 9.83. The Balaban J connectivity index is 1.55. The van der Waals surface area contributed by atoms with Crippen LogP contribution in [0.1, 0.15) is 47.2 Å². The van der Waals surface area contributed by atoms with Crippen LogP contribution in [0, 0.1) is 5.92 Å². The molecular weight excluding hydrogens is 282 g/mol. The molecule has 2 heterocycles. The Hall–Kier alpha value is -1.67. The summed E-state index contributed by atoms with van der Waals surface area (Å²) >= 11 is 0. The van der Waals surface area contributed by atoms with E-state index in [0.717, 1.165) is 31.2 Å². The van der Waals surface area contributed by atoms with E-state index in [9.17, 15) is 4.79 Å². The molecule has 23 heavy (non-hydrogen) atoms. The van der Waals surface area contributed by atoms with E-state index in [2.05, 4.69) is 42.3 Å². The molecule has 0 N–H and O–H groups in total. The van der Waals surface area contributed by atoms with Crippen LogP contribution in [-0.2, 0) is 12.8 Å². The molecule has 1 aliphatic carbocycles. The van der Waals surface area contributed by atoms with Crippen LogP contribution < -0.4 is 0 Å². The van der Waals surface area contributed by atoms with Crippen molar-refractivity contribution in [2.24, 2.45) is 5.92 Å². The molecule has 0 aromatic heterocycles. The predicted octanol–water partition coefficient (Wildman–Crippen LogP) is 3.99. The molecule has 2 aliphatic heterocycles. The van der Waals surface area contributed by atoms with Gasteiger partial charge in [-0.05, 0) is 67.5 Å². The first-order chi connectivity index (χ1) is 11.2. The zero-order chi connectivity index (χ0) is 15.6. The summed E-state index contributed by atoms with van der Waals surface area (Å²) in [4.78, 5) is 15.8. The average Bonchev–Trinajstić information content (AvgIpc) is 3.05. The van der Waals surface area contributed by atoms with E-state index in [4.69, 9.17) is 0 Å². The molecule has 0 saturated carbocycles. The summed E-state index contributed by atoms with van der Waals surface area (Å²) in [6, 6.07) is 12.1. The zero-order valence-electron chi connectivity index (χ0n) is 13.7. The molecule has 2 aromatic carbocycles. The first-order valence-electron chi connectivity index (χ1n) is 9.02. The van der Waals surface area contributed by atoms with Crippen LogP contribution in [0.5, 0.6) is 0 Å². The monoisotopic (exact) mass is 305 g/mol. The van der Waals surface area contributed by atoms with Gasteiger partial charge in [0.25, 0.3) is 0 Å². The van der Waals surface area contributed by atoms with Crippen molar-refractivity contribution in [3.8, 4) is 0 Å². The van der Waals surface area contributed by atoms with Gasteiger partial charge in [-0.25, -0.2) is 0 Å². The average molecular weight is 305 g/mol. The zero-order valence-corrected chi connectivity index (χ0v) is 13.7. The van der Waals surface area contributed by atoms with Crippen molar-refractivity contribution in [3.05, 3.63) is 47.0 Å². The highest BCUT2D eigenvalue weighted by atomic mass is 16.1. The maximum Gasteiger partial charge on any atom is 0.166 e. The molecule has 2 aromatic rings. The number of hydrogen-bond acceptors (Lipinski definition) is 2. The molecular formula is C21H23NO. The number of benzene rings is 2. The number of fused-ring (bicyclic) bond motifs is 2. The second kappa shape index (κ2) is 4.91. The third kappa shape index (κ3) is 1.94. The molecule has 3 aliphatic rings. The standard InChI is InChI=1S/C21H23NO/c1-22-16-8-9-17(22)12-15(11-16)21(23)19-10-7-14-6-5-13-3-2-4-18(19)20(13)14/h2-4,7,10,15-17H,5-6,8-9,11-12H2,1H3. The lowest BCUT2D eigenvalue weighted by molar-refractivity contribution is 0.0769. The van der Waals surface area contributed by atoms with E-state index in [1.54, 1.807) is 0 Å². The molecule has 0 spiro atoms. The van der Waals surface area contributed by atoms with Crippen LogP contribution in [0.25, 0.3) is 10.8 Å². The Labute approximate surface area is 137 Å². The lowest BCUT2D eigenvalue weighted by Gasteiger charge is -2.35. The van der Waals surface area contributed by atoms with Gasteiger partial charge in [0.2, 0.25) is 0 Å². The smallest absolute Gasteiger partial charge is 0.166 e. The van der Waals surface area contributed by atoms with E-state index in [1.807, 2.05) is 0 Å².